The third-order valence-electron chi connectivity index (χ3n) is 6.23. The zero-order valence-corrected chi connectivity index (χ0v) is 18.1. The Morgan fingerprint density at radius 3 is 2.58 bits per heavy atom. The van der Waals surface area contributed by atoms with Crippen LogP contribution >= 0.6 is 0 Å². The number of piperidine rings is 1. The number of nitrogens with one attached hydrogen (secondary N) is 2. The van der Waals surface area contributed by atoms with Gasteiger partial charge in [0, 0.05) is 36.9 Å². The number of hydrogen-bond acceptors (Lipinski definition) is 5. The first-order valence-electron chi connectivity index (χ1n) is 10.8. The molecule has 1 saturated heterocycles. The van der Waals surface area contributed by atoms with Crippen LogP contribution in [0.25, 0.3) is 0 Å². The van der Waals surface area contributed by atoms with Gasteiger partial charge in [-0.15, -0.1) is 0 Å². The number of rotatable bonds is 4. The summed E-state index contributed by atoms with van der Waals surface area (Å²) in [7, 11) is 1.60. The number of amides is 3. The summed E-state index contributed by atoms with van der Waals surface area (Å²) in [4.78, 5) is 40.0. The second-order valence-electron chi connectivity index (χ2n) is 8.38. The normalized spacial score (nSPS) is 18.9. The largest absolute Gasteiger partial charge is 0.497 e. The molecule has 0 spiro atoms. The summed E-state index contributed by atoms with van der Waals surface area (Å²) in [5, 5.41) is 5.58. The van der Waals surface area contributed by atoms with Gasteiger partial charge in [0.15, 0.2) is 5.76 Å². The zero-order chi connectivity index (χ0) is 22.9. The number of nitrogens with zero attached hydrogens (tertiary/aromatic N) is 2. The molecule has 170 valence electrons. The molecule has 2 atom stereocenters. The fourth-order valence-corrected chi connectivity index (χ4v) is 4.68. The molecule has 0 saturated carbocycles. The van der Waals surface area contributed by atoms with E-state index in [0.717, 1.165) is 17.9 Å². The minimum absolute atomic E-state index is 0.0571. The first-order chi connectivity index (χ1) is 16.0. The molecule has 2 bridgehead atoms. The number of carbonyl (C=O) groups excluding carboxylic acids is 2. The maximum absolute atomic E-state index is 13.1. The van der Waals surface area contributed by atoms with Crippen LogP contribution in [-0.2, 0) is 6.54 Å². The maximum atomic E-state index is 13.1. The fraction of sp³-hybridized carbons (Fsp3) is 0.292. The monoisotopic (exact) mass is 448 g/mol. The molecule has 1 aromatic carbocycles. The Labute approximate surface area is 190 Å². The van der Waals surface area contributed by atoms with E-state index in [-0.39, 0.29) is 34.9 Å². The van der Waals surface area contributed by atoms with Crippen molar-refractivity contribution in [2.24, 2.45) is 5.92 Å². The maximum Gasteiger partial charge on any atom is 0.321 e. The second kappa shape index (κ2) is 8.50. The highest BCUT2D eigenvalue weighted by atomic mass is 16.5. The Kier molecular flexibility index (Phi) is 5.37. The van der Waals surface area contributed by atoms with E-state index in [9.17, 15) is 14.4 Å². The van der Waals surface area contributed by atoms with Crippen LogP contribution in [0, 0.1) is 5.92 Å². The highest BCUT2D eigenvalue weighted by Crippen LogP contribution is 2.35. The highest BCUT2D eigenvalue weighted by Gasteiger charge is 2.36. The van der Waals surface area contributed by atoms with Gasteiger partial charge in [0.25, 0.3) is 11.5 Å². The van der Waals surface area contributed by atoms with Crippen molar-refractivity contribution in [1.82, 2.24) is 9.47 Å². The molecule has 5 rings (SSSR count). The van der Waals surface area contributed by atoms with Gasteiger partial charge in [-0.25, -0.2) is 4.79 Å². The first-order valence-corrected chi connectivity index (χ1v) is 10.8. The van der Waals surface area contributed by atoms with Crippen LogP contribution in [0.4, 0.5) is 16.2 Å². The molecule has 9 nitrogen and oxygen atoms in total. The molecule has 3 amide bonds. The number of pyridine rings is 1. The number of aromatic nitrogens is 1. The number of anilines is 2. The molecular formula is C24H24N4O5. The molecule has 2 unspecified atom stereocenters. The van der Waals surface area contributed by atoms with Gasteiger partial charge in [-0.2, -0.15) is 0 Å². The van der Waals surface area contributed by atoms with Crippen LogP contribution in [0.2, 0.25) is 0 Å². The van der Waals surface area contributed by atoms with Crippen molar-refractivity contribution in [1.29, 1.82) is 0 Å². The number of benzene rings is 1. The lowest BCUT2D eigenvalue weighted by Gasteiger charge is -2.42. The molecule has 2 N–H and O–H groups in total. The van der Waals surface area contributed by atoms with Crippen molar-refractivity contribution in [2.75, 3.05) is 30.8 Å². The summed E-state index contributed by atoms with van der Waals surface area (Å²) in [6.45, 7) is 1.59. The summed E-state index contributed by atoms with van der Waals surface area (Å²) in [5.41, 5.74) is 1.56. The SMILES string of the molecule is COc1ccc(NC(=O)N2CC3CC(C2)c2ccc(NC(=O)c4ccco4)c(=O)n2C3)cc1. The Morgan fingerprint density at radius 2 is 1.85 bits per heavy atom. The molecule has 0 radical (unpaired) electrons. The van der Waals surface area contributed by atoms with E-state index in [1.54, 1.807) is 54.1 Å². The van der Waals surface area contributed by atoms with Crippen molar-refractivity contribution in [3.8, 4) is 5.75 Å². The molecular weight excluding hydrogens is 424 g/mol. The van der Waals surface area contributed by atoms with E-state index in [2.05, 4.69) is 10.6 Å². The molecule has 3 aromatic rings. The average Bonchev–Trinajstić information content (AvgIpc) is 3.37. The molecule has 2 aliphatic heterocycles. The number of carbonyl (C=O) groups is 2. The van der Waals surface area contributed by atoms with E-state index in [1.165, 1.54) is 6.26 Å². The lowest BCUT2D eigenvalue weighted by molar-refractivity contribution is 0.0996. The van der Waals surface area contributed by atoms with E-state index in [4.69, 9.17) is 9.15 Å². The number of likely N-dealkylation sites (tertiary alicyclic amines) is 1. The highest BCUT2D eigenvalue weighted by molar-refractivity contribution is 6.02. The molecule has 33 heavy (non-hydrogen) atoms. The molecule has 1 fully saturated rings. The number of urea groups is 1. The minimum Gasteiger partial charge on any atom is -0.497 e. The Morgan fingerprint density at radius 1 is 1.03 bits per heavy atom. The van der Waals surface area contributed by atoms with Crippen LogP contribution in [0.1, 0.15) is 28.6 Å². The summed E-state index contributed by atoms with van der Waals surface area (Å²) < 4.78 is 12.0. The lowest BCUT2D eigenvalue weighted by atomic mass is 9.83. The number of hydrogen-bond donors (Lipinski definition) is 2. The van der Waals surface area contributed by atoms with Gasteiger partial charge in [-0.3, -0.25) is 9.59 Å². The van der Waals surface area contributed by atoms with Crippen molar-refractivity contribution < 1.29 is 18.7 Å². The minimum atomic E-state index is -0.463. The van der Waals surface area contributed by atoms with Crippen molar-refractivity contribution in [3.05, 3.63) is 76.6 Å². The van der Waals surface area contributed by atoms with Crippen molar-refractivity contribution >= 4 is 23.3 Å². The molecule has 0 aliphatic carbocycles. The van der Waals surface area contributed by atoms with Gasteiger partial charge < -0.3 is 29.3 Å². The predicted molar refractivity (Wildman–Crippen MR) is 122 cm³/mol. The van der Waals surface area contributed by atoms with E-state index in [0.29, 0.717) is 25.3 Å². The Hall–Kier alpha value is -4.01. The molecule has 2 aliphatic rings. The number of fused-ring (bicyclic) bond motifs is 4. The second-order valence-corrected chi connectivity index (χ2v) is 8.38. The number of methoxy groups -OCH3 is 1. The van der Waals surface area contributed by atoms with Crippen LogP contribution < -0.4 is 20.9 Å². The van der Waals surface area contributed by atoms with E-state index in [1.807, 2.05) is 11.0 Å². The lowest BCUT2D eigenvalue weighted by Crippen LogP contribution is -2.50. The third-order valence-corrected chi connectivity index (χ3v) is 6.23. The van der Waals surface area contributed by atoms with Gasteiger partial charge >= 0.3 is 6.03 Å². The number of ether oxygens (including phenoxy) is 1. The van der Waals surface area contributed by atoms with Crippen LogP contribution in [0.5, 0.6) is 5.75 Å². The standard InChI is InChI=1S/C24H24N4O5/c1-32-18-6-4-17(5-7-18)25-24(31)27-12-15-11-16(14-27)20-9-8-19(23(30)28(20)13-15)26-22(29)21-3-2-10-33-21/h2-10,15-16H,11-14H2,1H3,(H,25,31)(H,26,29). The van der Waals surface area contributed by atoms with E-state index >= 15 is 0 Å². The average molecular weight is 448 g/mol. The van der Waals surface area contributed by atoms with Gasteiger partial charge in [0.05, 0.1) is 13.4 Å². The van der Waals surface area contributed by atoms with E-state index < -0.39 is 5.91 Å². The number of furan rings is 1. The predicted octanol–water partition coefficient (Wildman–Crippen LogP) is 3.35. The van der Waals surface area contributed by atoms with Crippen molar-refractivity contribution in [2.45, 2.75) is 18.9 Å². The van der Waals surface area contributed by atoms with Crippen LogP contribution in [-0.4, -0.2) is 41.6 Å². The van der Waals surface area contributed by atoms with Crippen LogP contribution in [0.3, 0.4) is 0 Å². The summed E-state index contributed by atoms with van der Waals surface area (Å²) in [6.07, 6.45) is 2.33. The molecule has 9 heteroatoms. The Balaban J connectivity index is 1.31. The molecule has 4 heterocycles. The summed E-state index contributed by atoms with van der Waals surface area (Å²) in [5.74, 6) is 0.623. The quantitative estimate of drug-likeness (QED) is 0.637. The van der Waals surface area contributed by atoms with Gasteiger partial charge in [-0.05, 0) is 60.9 Å². The zero-order valence-electron chi connectivity index (χ0n) is 18.1. The third kappa shape index (κ3) is 4.09. The van der Waals surface area contributed by atoms with Crippen LogP contribution in [0.15, 0.2) is 64.0 Å². The topological polar surface area (TPSA) is 106 Å². The van der Waals surface area contributed by atoms with Gasteiger partial charge in [0.2, 0.25) is 0 Å². The van der Waals surface area contributed by atoms with Gasteiger partial charge in [0.1, 0.15) is 11.4 Å². The van der Waals surface area contributed by atoms with Gasteiger partial charge in [-0.1, -0.05) is 0 Å². The summed E-state index contributed by atoms with van der Waals surface area (Å²) >= 11 is 0. The van der Waals surface area contributed by atoms with Crippen molar-refractivity contribution in [3.63, 3.8) is 0 Å². The smallest absolute Gasteiger partial charge is 0.321 e. The fourth-order valence-electron chi connectivity index (χ4n) is 4.68. The molecule has 2 aromatic heterocycles. The first kappa shape index (κ1) is 20.9. The Bertz CT molecular complexity index is 1230. The summed E-state index contributed by atoms with van der Waals surface area (Å²) in [6, 6.07) is 13.7.